The van der Waals surface area contributed by atoms with E-state index in [2.05, 4.69) is 17.4 Å². The Morgan fingerprint density at radius 3 is 2.65 bits per heavy atom. The van der Waals surface area contributed by atoms with E-state index in [-0.39, 0.29) is 11.8 Å². The summed E-state index contributed by atoms with van der Waals surface area (Å²) in [4.78, 5) is 22.4. The molecule has 0 heterocycles. The predicted molar refractivity (Wildman–Crippen MR) is 76.5 cm³/mol. The molecular formula is C16H21NO3. The van der Waals surface area contributed by atoms with Crippen LogP contribution in [0, 0.1) is 0 Å². The van der Waals surface area contributed by atoms with Crippen LogP contribution in [0.15, 0.2) is 30.3 Å². The van der Waals surface area contributed by atoms with E-state index in [1.54, 1.807) is 0 Å². The largest absolute Gasteiger partial charge is 0.450 e. The van der Waals surface area contributed by atoms with E-state index in [1.165, 1.54) is 5.56 Å². The smallest absolute Gasteiger partial charge is 0.407 e. The van der Waals surface area contributed by atoms with Crippen LogP contribution in [0.5, 0.6) is 0 Å². The Bertz CT molecular complexity index is 444. The van der Waals surface area contributed by atoms with Crippen LogP contribution in [0.4, 0.5) is 4.79 Å². The summed E-state index contributed by atoms with van der Waals surface area (Å²) in [5, 5.41) is 2.57. The van der Waals surface area contributed by atoms with E-state index in [1.807, 2.05) is 18.2 Å². The summed E-state index contributed by atoms with van der Waals surface area (Å²) in [6, 6.07) is 10.1. The Labute approximate surface area is 119 Å². The maximum absolute atomic E-state index is 11.4. The van der Waals surface area contributed by atoms with Crippen molar-refractivity contribution in [1.29, 1.82) is 0 Å². The van der Waals surface area contributed by atoms with Gasteiger partial charge in [0.15, 0.2) is 5.78 Å². The first-order valence-corrected chi connectivity index (χ1v) is 7.25. The number of carbonyl (C=O) groups is 2. The Kier molecular flexibility index (Phi) is 5.59. The molecule has 1 aliphatic carbocycles. The minimum atomic E-state index is -0.467. The van der Waals surface area contributed by atoms with Crippen molar-refractivity contribution >= 4 is 11.9 Å². The molecule has 1 aromatic rings. The molecule has 1 saturated carbocycles. The number of benzene rings is 1. The predicted octanol–water partition coefficient (Wildman–Crippen LogP) is 2.86. The van der Waals surface area contributed by atoms with Crippen LogP contribution in [0.1, 0.15) is 37.7 Å². The molecule has 4 nitrogen and oxygen atoms in total. The summed E-state index contributed by atoms with van der Waals surface area (Å²) in [6.45, 7) is 0.418. The van der Waals surface area contributed by atoms with Gasteiger partial charge in [0.2, 0.25) is 0 Å². The molecule has 0 unspecified atom stereocenters. The van der Waals surface area contributed by atoms with E-state index in [9.17, 15) is 9.59 Å². The van der Waals surface area contributed by atoms with Gasteiger partial charge >= 0.3 is 6.09 Å². The second-order valence-electron chi connectivity index (χ2n) is 5.13. The van der Waals surface area contributed by atoms with Crippen LogP contribution in [0.3, 0.4) is 0 Å². The van der Waals surface area contributed by atoms with E-state index >= 15 is 0 Å². The fraction of sp³-hybridized carbons (Fsp3) is 0.500. The molecular weight excluding hydrogens is 254 g/mol. The van der Waals surface area contributed by atoms with Crippen LogP contribution >= 0.6 is 0 Å². The maximum Gasteiger partial charge on any atom is 0.407 e. The van der Waals surface area contributed by atoms with Crippen molar-refractivity contribution in [3.63, 3.8) is 0 Å². The number of amides is 1. The summed E-state index contributed by atoms with van der Waals surface area (Å²) in [7, 11) is 0. The zero-order chi connectivity index (χ0) is 14.2. The van der Waals surface area contributed by atoms with Crippen molar-refractivity contribution < 1.29 is 14.3 Å². The summed E-state index contributed by atoms with van der Waals surface area (Å²) in [5.74, 6) is 0.102. The zero-order valence-electron chi connectivity index (χ0n) is 11.6. The lowest BCUT2D eigenvalue weighted by Gasteiger charge is -2.24. The van der Waals surface area contributed by atoms with E-state index in [0.29, 0.717) is 13.0 Å². The number of unbranched alkanes of at least 4 members (excludes halogenated alkanes) is 2. The van der Waals surface area contributed by atoms with Gasteiger partial charge in [-0.1, -0.05) is 30.3 Å². The zero-order valence-corrected chi connectivity index (χ0v) is 11.6. The highest BCUT2D eigenvalue weighted by Gasteiger charge is 2.29. The Balaban J connectivity index is 1.47. The van der Waals surface area contributed by atoms with Gasteiger partial charge in [0, 0.05) is 6.42 Å². The monoisotopic (exact) mass is 275 g/mol. The molecule has 108 valence electrons. The molecule has 1 aromatic carbocycles. The molecule has 0 bridgehead atoms. The molecule has 0 radical (unpaired) electrons. The number of carbonyl (C=O) groups excluding carboxylic acids is 2. The molecule has 2 rings (SSSR count). The number of alkyl carbamates (subject to hydrolysis) is 1. The highest BCUT2D eigenvalue weighted by Crippen LogP contribution is 2.13. The number of nitrogens with one attached hydrogen (secondary N) is 1. The molecule has 1 aliphatic rings. The number of ether oxygens (including phenoxy) is 1. The lowest BCUT2D eigenvalue weighted by Crippen LogP contribution is -2.47. The molecule has 0 aromatic heterocycles. The van der Waals surface area contributed by atoms with Gasteiger partial charge in [-0.05, 0) is 37.7 Å². The van der Waals surface area contributed by atoms with Gasteiger partial charge in [-0.15, -0.1) is 0 Å². The van der Waals surface area contributed by atoms with E-state index in [0.717, 1.165) is 32.1 Å². The summed E-state index contributed by atoms with van der Waals surface area (Å²) in [5.41, 5.74) is 1.34. The topological polar surface area (TPSA) is 55.4 Å². The number of hydrogen-bond donors (Lipinski definition) is 1. The fourth-order valence-corrected chi connectivity index (χ4v) is 2.16. The first-order valence-electron chi connectivity index (χ1n) is 7.25. The maximum atomic E-state index is 11.4. The average Bonchev–Trinajstić information content (AvgIpc) is 2.48. The van der Waals surface area contributed by atoms with Crippen LogP contribution in [-0.2, 0) is 16.0 Å². The Morgan fingerprint density at radius 1 is 1.20 bits per heavy atom. The van der Waals surface area contributed by atoms with Crippen molar-refractivity contribution in [3.8, 4) is 0 Å². The summed E-state index contributed by atoms with van der Waals surface area (Å²) >= 11 is 0. The highest BCUT2D eigenvalue weighted by atomic mass is 16.5. The van der Waals surface area contributed by atoms with Gasteiger partial charge in [-0.3, -0.25) is 4.79 Å². The van der Waals surface area contributed by atoms with E-state index < -0.39 is 6.09 Å². The Morgan fingerprint density at radius 2 is 2.00 bits per heavy atom. The fourth-order valence-electron chi connectivity index (χ4n) is 2.16. The van der Waals surface area contributed by atoms with Crippen molar-refractivity contribution in [2.24, 2.45) is 0 Å². The number of ketones is 1. The molecule has 1 fully saturated rings. The third-order valence-corrected chi connectivity index (χ3v) is 3.55. The minimum Gasteiger partial charge on any atom is -0.450 e. The van der Waals surface area contributed by atoms with Crippen molar-refractivity contribution in [2.45, 2.75) is 44.6 Å². The van der Waals surface area contributed by atoms with E-state index in [4.69, 9.17) is 4.74 Å². The molecule has 0 spiro atoms. The van der Waals surface area contributed by atoms with Crippen LogP contribution in [0.2, 0.25) is 0 Å². The quantitative estimate of drug-likeness (QED) is 0.778. The van der Waals surface area contributed by atoms with Gasteiger partial charge in [-0.25, -0.2) is 4.79 Å². The summed E-state index contributed by atoms with van der Waals surface area (Å²) in [6.07, 6.45) is 4.89. The molecule has 20 heavy (non-hydrogen) atoms. The third kappa shape index (κ3) is 4.68. The first-order chi connectivity index (χ1) is 9.75. The van der Waals surface area contributed by atoms with Gasteiger partial charge in [0.25, 0.3) is 0 Å². The van der Waals surface area contributed by atoms with Crippen molar-refractivity contribution in [1.82, 2.24) is 5.32 Å². The highest BCUT2D eigenvalue weighted by molar-refractivity contribution is 5.92. The number of aryl methyl sites for hydroxylation is 1. The second-order valence-corrected chi connectivity index (χ2v) is 5.13. The van der Waals surface area contributed by atoms with Crippen LogP contribution in [-0.4, -0.2) is 24.5 Å². The van der Waals surface area contributed by atoms with Gasteiger partial charge in [0.05, 0.1) is 12.6 Å². The average molecular weight is 275 g/mol. The molecule has 1 atom stereocenters. The number of hydrogen-bond acceptors (Lipinski definition) is 3. The number of Topliss-reactive ketones (excluding diaryl/α,β-unsaturated/α-hetero) is 1. The third-order valence-electron chi connectivity index (χ3n) is 3.55. The molecule has 4 heteroatoms. The van der Waals surface area contributed by atoms with Gasteiger partial charge in [-0.2, -0.15) is 0 Å². The molecule has 0 aliphatic heterocycles. The normalized spacial score (nSPS) is 17.4. The molecule has 0 saturated heterocycles. The molecule has 1 N–H and O–H groups in total. The van der Waals surface area contributed by atoms with Crippen molar-refractivity contribution in [2.75, 3.05) is 6.61 Å². The minimum absolute atomic E-state index is 0.102. The van der Waals surface area contributed by atoms with Crippen LogP contribution < -0.4 is 5.32 Å². The Hall–Kier alpha value is -1.84. The van der Waals surface area contributed by atoms with Crippen LogP contribution in [0.25, 0.3) is 0 Å². The summed E-state index contributed by atoms with van der Waals surface area (Å²) < 4.78 is 5.05. The first kappa shape index (κ1) is 14.6. The lowest BCUT2D eigenvalue weighted by molar-refractivity contribution is -0.126. The van der Waals surface area contributed by atoms with Gasteiger partial charge < -0.3 is 10.1 Å². The second kappa shape index (κ2) is 7.68. The molecule has 1 amide bonds. The van der Waals surface area contributed by atoms with Gasteiger partial charge in [0.1, 0.15) is 0 Å². The lowest BCUT2D eigenvalue weighted by atomic mass is 9.91. The SMILES string of the molecule is O=C(N[C@@H]1CCC1=O)OCCCCCc1ccccc1. The van der Waals surface area contributed by atoms with Crippen molar-refractivity contribution in [3.05, 3.63) is 35.9 Å². The standard InChI is InChI=1S/C16H21NO3/c18-15-11-10-14(15)17-16(19)20-12-6-2-5-9-13-7-3-1-4-8-13/h1,3-4,7-8,14H,2,5-6,9-12H2,(H,17,19)/t14-/m1/s1. The number of rotatable bonds is 7.